The fourth-order valence-electron chi connectivity index (χ4n) is 2.55. The zero-order chi connectivity index (χ0) is 19.2. The Labute approximate surface area is 161 Å². The van der Waals surface area contributed by atoms with E-state index in [0.717, 1.165) is 16.0 Å². The number of rotatable bonds is 8. The molecule has 0 unspecified atom stereocenters. The van der Waals surface area contributed by atoms with Gasteiger partial charge >= 0.3 is 0 Å². The maximum atomic E-state index is 5.53. The van der Waals surface area contributed by atoms with Crippen LogP contribution in [-0.2, 0) is 0 Å². The summed E-state index contributed by atoms with van der Waals surface area (Å²) in [5, 5.41) is 8.04. The molecule has 0 saturated heterocycles. The highest BCUT2D eigenvalue weighted by Gasteiger charge is 2.17. The summed E-state index contributed by atoms with van der Waals surface area (Å²) in [6.45, 7) is 1.93. The Morgan fingerprint density at radius 1 is 1.04 bits per heavy atom. The number of nitrogens with zero attached hydrogens (tertiary/aromatic N) is 1. The molecule has 0 aliphatic carbocycles. The summed E-state index contributed by atoms with van der Waals surface area (Å²) in [5.41, 5.74) is 1.45. The van der Waals surface area contributed by atoms with Crippen LogP contribution in [0.2, 0.25) is 0 Å². The molecule has 0 aliphatic heterocycles. The van der Waals surface area contributed by atoms with Gasteiger partial charge in [-0.15, -0.1) is 0 Å². The SMILES string of the molecule is C/C=C/Nc1cc(OC)c2c(NSc3c(OC)cccc3OC)noc2c1. The van der Waals surface area contributed by atoms with E-state index < -0.39 is 0 Å². The van der Waals surface area contributed by atoms with Crippen molar-refractivity contribution in [2.45, 2.75) is 11.8 Å². The van der Waals surface area contributed by atoms with Crippen molar-refractivity contribution < 1.29 is 18.7 Å². The zero-order valence-electron chi connectivity index (χ0n) is 15.5. The Kier molecular flexibility index (Phi) is 5.97. The predicted molar refractivity (Wildman–Crippen MR) is 108 cm³/mol. The van der Waals surface area contributed by atoms with Crippen LogP contribution in [0.4, 0.5) is 11.5 Å². The number of anilines is 2. The molecule has 27 heavy (non-hydrogen) atoms. The monoisotopic (exact) mass is 387 g/mol. The lowest BCUT2D eigenvalue weighted by Crippen LogP contribution is -1.95. The topological polar surface area (TPSA) is 77.8 Å². The van der Waals surface area contributed by atoms with E-state index in [1.54, 1.807) is 21.3 Å². The van der Waals surface area contributed by atoms with Crippen molar-refractivity contribution in [3.05, 3.63) is 42.6 Å². The smallest absolute Gasteiger partial charge is 0.191 e. The maximum absolute atomic E-state index is 5.53. The van der Waals surface area contributed by atoms with Crippen molar-refractivity contribution in [1.29, 1.82) is 0 Å². The van der Waals surface area contributed by atoms with Crippen molar-refractivity contribution in [2.75, 3.05) is 31.4 Å². The molecule has 142 valence electrons. The van der Waals surface area contributed by atoms with E-state index in [9.17, 15) is 0 Å². The minimum absolute atomic E-state index is 0.553. The summed E-state index contributed by atoms with van der Waals surface area (Å²) < 4.78 is 25.1. The van der Waals surface area contributed by atoms with Gasteiger partial charge in [-0.25, -0.2) is 0 Å². The van der Waals surface area contributed by atoms with Gasteiger partial charge in [0.25, 0.3) is 0 Å². The Morgan fingerprint density at radius 3 is 2.37 bits per heavy atom. The van der Waals surface area contributed by atoms with Crippen LogP contribution in [0.1, 0.15) is 6.92 Å². The summed E-state index contributed by atoms with van der Waals surface area (Å²) in [6, 6.07) is 9.36. The average molecular weight is 387 g/mol. The van der Waals surface area contributed by atoms with E-state index in [0.29, 0.717) is 28.6 Å². The van der Waals surface area contributed by atoms with Gasteiger partial charge < -0.3 is 28.8 Å². The number of hydrogen-bond donors (Lipinski definition) is 2. The Bertz CT molecular complexity index is 933. The van der Waals surface area contributed by atoms with E-state index in [2.05, 4.69) is 15.2 Å². The first-order valence-corrected chi connectivity index (χ1v) is 9.02. The van der Waals surface area contributed by atoms with Gasteiger partial charge in [0.15, 0.2) is 11.4 Å². The molecule has 1 aromatic heterocycles. The summed E-state index contributed by atoms with van der Waals surface area (Å²) in [5.74, 6) is 2.60. The molecule has 0 aliphatic rings. The summed E-state index contributed by atoms with van der Waals surface area (Å²) in [7, 11) is 4.85. The molecule has 8 heteroatoms. The van der Waals surface area contributed by atoms with Crippen LogP contribution in [0.15, 0.2) is 52.0 Å². The highest BCUT2D eigenvalue weighted by molar-refractivity contribution is 8.00. The zero-order valence-corrected chi connectivity index (χ0v) is 16.3. The number of ether oxygens (including phenoxy) is 3. The lowest BCUT2D eigenvalue weighted by atomic mass is 10.2. The second-order valence-electron chi connectivity index (χ2n) is 5.42. The molecule has 0 spiro atoms. The van der Waals surface area contributed by atoms with Gasteiger partial charge in [-0.2, -0.15) is 0 Å². The number of hydrogen-bond acceptors (Lipinski definition) is 8. The number of aromatic nitrogens is 1. The van der Waals surface area contributed by atoms with Crippen molar-refractivity contribution in [2.24, 2.45) is 0 Å². The molecular weight excluding hydrogens is 366 g/mol. The molecule has 7 nitrogen and oxygen atoms in total. The molecule has 1 heterocycles. The highest BCUT2D eigenvalue weighted by atomic mass is 32.2. The van der Waals surface area contributed by atoms with Crippen molar-refractivity contribution in [3.8, 4) is 17.2 Å². The van der Waals surface area contributed by atoms with Crippen LogP contribution < -0.4 is 24.2 Å². The first-order chi connectivity index (χ1) is 13.2. The van der Waals surface area contributed by atoms with E-state index in [4.69, 9.17) is 18.7 Å². The van der Waals surface area contributed by atoms with E-state index in [-0.39, 0.29) is 0 Å². The largest absolute Gasteiger partial charge is 0.496 e. The number of fused-ring (bicyclic) bond motifs is 1. The van der Waals surface area contributed by atoms with Gasteiger partial charge in [-0.3, -0.25) is 0 Å². The van der Waals surface area contributed by atoms with Crippen LogP contribution in [0, 0.1) is 0 Å². The average Bonchev–Trinajstić information content (AvgIpc) is 3.12. The Hall–Kier alpha value is -3.00. The molecule has 3 aromatic rings. The molecule has 3 rings (SSSR count). The molecule has 0 bridgehead atoms. The van der Waals surface area contributed by atoms with Crippen LogP contribution >= 0.6 is 11.9 Å². The van der Waals surface area contributed by atoms with Gasteiger partial charge in [0.2, 0.25) is 0 Å². The maximum Gasteiger partial charge on any atom is 0.191 e. The van der Waals surface area contributed by atoms with Crippen molar-refractivity contribution in [3.63, 3.8) is 0 Å². The lowest BCUT2D eigenvalue weighted by Gasteiger charge is -2.12. The fraction of sp³-hybridized carbons (Fsp3) is 0.211. The van der Waals surface area contributed by atoms with Crippen LogP contribution in [-0.4, -0.2) is 26.5 Å². The molecule has 0 amide bonds. The normalized spacial score (nSPS) is 11.0. The Morgan fingerprint density at radius 2 is 1.74 bits per heavy atom. The molecule has 0 saturated carbocycles. The quantitative estimate of drug-likeness (QED) is 0.528. The number of nitrogens with one attached hydrogen (secondary N) is 2. The first-order valence-electron chi connectivity index (χ1n) is 8.20. The predicted octanol–water partition coefficient (Wildman–Crippen LogP) is 4.92. The third-order valence-electron chi connectivity index (χ3n) is 3.81. The second-order valence-corrected chi connectivity index (χ2v) is 6.24. The van der Waals surface area contributed by atoms with Crippen LogP contribution in [0.25, 0.3) is 11.0 Å². The molecule has 2 aromatic carbocycles. The molecule has 0 fully saturated rings. The van der Waals surface area contributed by atoms with Gasteiger partial charge in [0.1, 0.15) is 27.5 Å². The molecule has 0 atom stereocenters. The fourth-order valence-corrected chi connectivity index (χ4v) is 3.39. The van der Waals surface area contributed by atoms with E-state index in [1.165, 1.54) is 11.9 Å². The third-order valence-corrected chi connectivity index (χ3v) is 4.71. The summed E-state index contributed by atoms with van der Waals surface area (Å²) >= 11 is 1.33. The van der Waals surface area contributed by atoms with E-state index in [1.807, 2.05) is 49.5 Å². The van der Waals surface area contributed by atoms with Crippen molar-refractivity contribution in [1.82, 2.24) is 5.16 Å². The Balaban J connectivity index is 1.92. The summed E-state index contributed by atoms with van der Waals surface area (Å²) in [4.78, 5) is 0.809. The highest BCUT2D eigenvalue weighted by Crippen LogP contribution is 2.41. The molecule has 0 radical (unpaired) electrons. The van der Waals surface area contributed by atoms with Gasteiger partial charge in [-0.1, -0.05) is 17.3 Å². The van der Waals surface area contributed by atoms with E-state index >= 15 is 0 Å². The minimum atomic E-state index is 0.553. The van der Waals surface area contributed by atoms with Gasteiger partial charge in [0.05, 0.1) is 21.3 Å². The van der Waals surface area contributed by atoms with Gasteiger partial charge in [-0.05, 0) is 37.2 Å². The van der Waals surface area contributed by atoms with Gasteiger partial charge in [0, 0.05) is 17.8 Å². The number of allylic oxidation sites excluding steroid dienone is 1. The first kappa shape index (κ1) is 18.8. The minimum Gasteiger partial charge on any atom is -0.496 e. The summed E-state index contributed by atoms with van der Waals surface area (Å²) in [6.07, 6.45) is 3.74. The van der Waals surface area contributed by atoms with Crippen LogP contribution in [0.3, 0.4) is 0 Å². The van der Waals surface area contributed by atoms with Crippen molar-refractivity contribution >= 4 is 34.4 Å². The molecule has 2 N–H and O–H groups in total. The lowest BCUT2D eigenvalue weighted by molar-refractivity contribution is 0.376. The standard InChI is InChI=1S/C19H21N3O4S/c1-5-9-20-12-10-15(25-4)17-16(11-12)26-21-19(17)22-27-18-13(23-2)7-6-8-14(18)24-3/h5-11,20H,1-4H3,(H,21,22)/b9-5+. The van der Waals surface area contributed by atoms with Crippen LogP contribution in [0.5, 0.6) is 17.2 Å². The number of benzene rings is 2. The molecular formula is C19H21N3O4S. The third kappa shape index (κ3) is 3.90. The second kappa shape index (κ2) is 8.59. The number of methoxy groups -OCH3 is 3.